The van der Waals surface area contributed by atoms with Crippen LogP contribution in [0.5, 0.6) is 0 Å². The van der Waals surface area contributed by atoms with Crippen LogP contribution in [0.15, 0.2) is 48.6 Å². The Morgan fingerprint density at radius 3 is 2.88 bits per heavy atom. The summed E-state index contributed by atoms with van der Waals surface area (Å²) in [5, 5.41) is 15.7. The van der Waals surface area contributed by atoms with Gasteiger partial charge in [0.1, 0.15) is 11.6 Å². The molecule has 0 bridgehead atoms. The van der Waals surface area contributed by atoms with Crippen molar-refractivity contribution in [3.63, 3.8) is 0 Å². The highest BCUT2D eigenvalue weighted by Gasteiger charge is 2.13. The van der Waals surface area contributed by atoms with E-state index in [9.17, 15) is 4.39 Å². The fourth-order valence-electron chi connectivity index (χ4n) is 2.19. The van der Waals surface area contributed by atoms with Gasteiger partial charge in [-0.3, -0.25) is 0 Å². The van der Waals surface area contributed by atoms with Crippen LogP contribution in [-0.4, -0.2) is 39.6 Å². The van der Waals surface area contributed by atoms with Crippen molar-refractivity contribution in [1.29, 1.82) is 0 Å². The Labute approximate surface area is 139 Å². The highest BCUT2D eigenvalue weighted by Crippen LogP contribution is 2.21. The lowest BCUT2D eigenvalue weighted by molar-refractivity contribution is 0.167. The van der Waals surface area contributed by atoms with Crippen molar-refractivity contribution < 1.29 is 9.13 Å². The minimum Gasteiger partial charge on any atom is -0.375 e. The Hall–Kier alpha value is -2.80. The Bertz CT molecular complexity index is 861. The maximum Gasteiger partial charge on any atom is 0.188 e. The van der Waals surface area contributed by atoms with Crippen molar-refractivity contribution in [2.45, 2.75) is 6.92 Å². The Morgan fingerprint density at radius 2 is 2.08 bits per heavy atom. The summed E-state index contributed by atoms with van der Waals surface area (Å²) in [7, 11) is 0. The van der Waals surface area contributed by atoms with Crippen LogP contribution >= 0.6 is 0 Å². The van der Waals surface area contributed by atoms with Crippen molar-refractivity contribution in [1.82, 2.24) is 19.8 Å². The number of aromatic nitrogens is 4. The molecule has 124 valence electrons. The van der Waals surface area contributed by atoms with Gasteiger partial charge in [0.05, 0.1) is 18.8 Å². The number of ether oxygens (including phenoxy) is 1. The quantitative estimate of drug-likeness (QED) is 0.534. The molecular weight excluding hydrogens is 309 g/mol. The molecule has 1 N–H and O–H groups in total. The molecule has 0 fully saturated rings. The molecule has 0 aliphatic heterocycles. The van der Waals surface area contributed by atoms with Gasteiger partial charge in [0, 0.05) is 6.54 Å². The van der Waals surface area contributed by atoms with E-state index >= 15 is 0 Å². The van der Waals surface area contributed by atoms with Crippen LogP contribution in [0.25, 0.3) is 17.0 Å². The molecule has 2 aromatic heterocycles. The van der Waals surface area contributed by atoms with Crippen LogP contribution in [-0.2, 0) is 4.74 Å². The standard InChI is InChI=1S/C17H18FN5O/c1-12(2)11-24-10-9-19-15-7-8-16-20-21-17(23(16)22-15)13-5-3-4-6-14(13)18/h3-8H,1,9-11H2,2H3,(H,19,22). The molecule has 3 rings (SSSR count). The normalized spacial score (nSPS) is 10.9. The molecule has 24 heavy (non-hydrogen) atoms. The third-order valence-electron chi connectivity index (χ3n) is 3.28. The van der Waals surface area contributed by atoms with Gasteiger partial charge in [0.15, 0.2) is 11.5 Å². The number of fused-ring (bicyclic) bond motifs is 1. The molecule has 0 saturated carbocycles. The second kappa shape index (κ2) is 7.18. The largest absolute Gasteiger partial charge is 0.375 e. The molecule has 0 amide bonds. The third-order valence-corrected chi connectivity index (χ3v) is 3.28. The van der Waals surface area contributed by atoms with Gasteiger partial charge in [-0.25, -0.2) is 4.39 Å². The highest BCUT2D eigenvalue weighted by molar-refractivity contribution is 5.60. The fourth-order valence-corrected chi connectivity index (χ4v) is 2.19. The summed E-state index contributed by atoms with van der Waals surface area (Å²) in [5.41, 5.74) is 1.89. The minimum absolute atomic E-state index is 0.361. The molecule has 0 aliphatic carbocycles. The first-order valence-corrected chi connectivity index (χ1v) is 7.58. The first-order chi connectivity index (χ1) is 11.6. The minimum atomic E-state index is -0.361. The Morgan fingerprint density at radius 1 is 1.25 bits per heavy atom. The molecule has 0 atom stereocenters. The average Bonchev–Trinajstić information content (AvgIpc) is 2.98. The lowest BCUT2D eigenvalue weighted by Gasteiger charge is -2.07. The molecule has 0 unspecified atom stereocenters. The van der Waals surface area contributed by atoms with E-state index in [0.29, 0.717) is 42.6 Å². The fraction of sp³-hybridized carbons (Fsp3) is 0.235. The molecular formula is C17H18FN5O. The third kappa shape index (κ3) is 3.57. The van der Waals surface area contributed by atoms with Gasteiger partial charge < -0.3 is 10.1 Å². The zero-order valence-corrected chi connectivity index (χ0v) is 13.4. The summed E-state index contributed by atoms with van der Waals surface area (Å²) >= 11 is 0. The number of nitrogens with one attached hydrogen (secondary N) is 1. The Kier molecular flexibility index (Phi) is 4.81. The monoisotopic (exact) mass is 327 g/mol. The van der Waals surface area contributed by atoms with E-state index in [1.165, 1.54) is 10.6 Å². The van der Waals surface area contributed by atoms with E-state index < -0.39 is 0 Å². The summed E-state index contributed by atoms with van der Waals surface area (Å²) in [6.07, 6.45) is 0. The molecule has 7 heteroatoms. The SMILES string of the molecule is C=C(C)COCCNc1ccc2nnc(-c3ccccc3F)n2n1. The average molecular weight is 327 g/mol. The van der Waals surface area contributed by atoms with Crippen molar-refractivity contribution in [3.05, 3.63) is 54.4 Å². The lowest BCUT2D eigenvalue weighted by atomic mass is 10.2. The Balaban J connectivity index is 1.77. The highest BCUT2D eigenvalue weighted by atomic mass is 19.1. The van der Waals surface area contributed by atoms with E-state index in [2.05, 4.69) is 27.2 Å². The van der Waals surface area contributed by atoms with E-state index in [1.54, 1.807) is 30.3 Å². The molecule has 0 radical (unpaired) electrons. The number of nitrogens with zero attached hydrogens (tertiary/aromatic N) is 4. The van der Waals surface area contributed by atoms with E-state index in [0.717, 1.165) is 5.57 Å². The van der Waals surface area contributed by atoms with Gasteiger partial charge in [0.2, 0.25) is 0 Å². The van der Waals surface area contributed by atoms with Crippen molar-refractivity contribution in [2.75, 3.05) is 25.1 Å². The van der Waals surface area contributed by atoms with Crippen LogP contribution in [0.3, 0.4) is 0 Å². The maximum atomic E-state index is 14.0. The van der Waals surface area contributed by atoms with E-state index in [1.807, 2.05) is 6.92 Å². The zero-order chi connectivity index (χ0) is 16.9. The van der Waals surface area contributed by atoms with Crippen LogP contribution in [0.2, 0.25) is 0 Å². The van der Waals surface area contributed by atoms with Gasteiger partial charge in [0.25, 0.3) is 0 Å². The zero-order valence-electron chi connectivity index (χ0n) is 13.4. The van der Waals surface area contributed by atoms with Crippen molar-refractivity contribution >= 4 is 11.5 Å². The van der Waals surface area contributed by atoms with Gasteiger partial charge in [-0.2, -0.15) is 4.52 Å². The number of hydrogen-bond donors (Lipinski definition) is 1. The first-order valence-electron chi connectivity index (χ1n) is 7.58. The summed E-state index contributed by atoms with van der Waals surface area (Å²) < 4.78 is 20.9. The predicted octanol–water partition coefficient (Wildman–Crippen LogP) is 2.94. The number of anilines is 1. The topological polar surface area (TPSA) is 64.3 Å². The maximum absolute atomic E-state index is 14.0. The molecule has 0 aliphatic rings. The van der Waals surface area contributed by atoms with E-state index in [-0.39, 0.29) is 5.82 Å². The van der Waals surface area contributed by atoms with Crippen LogP contribution in [0, 0.1) is 5.82 Å². The van der Waals surface area contributed by atoms with Gasteiger partial charge in [-0.05, 0) is 31.2 Å². The molecule has 0 saturated heterocycles. The summed E-state index contributed by atoms with van der Waals surface area (Å²) in [4.78, 5) is 0. The van der Waals surface area contributed by atoms with Gasteiger partial charge >= 0.3 is 0 Å². The molecule has 0 spiro atoms. The molecule has 3 aromatic rings. The second-order valence-electron chi connectivity index (χ2n) is 5.43. The molecule has 1 aromatic carbocycles. The molecule has 6 nitrogen and oxygen atoms in total. The van der Waals surface area contributed by atoms with Crippen LogP contribution in [0.1, 0.15) is 6.92 Å². The van der Waals surface area contributed by atoms with Gasteiger partial charge in [-0.1, -0.05) is 24.3 Å². The van der Waals surface area contributed by atoms with Crippen LogP contribution in [0.4, 0.5) is 10.2 Å². The number of benzene rings is 1. The summed E-state index contributed by atoms with van der Waals surface area (Å²) in [6.45, 7) is 7.37. The first kappa shape index (κ1) is 16.1. The van der Waals surface area contributed by atoms with Crippen molar-refractivity contribution in [2.24, 2.45) is 0 Å². The van der Waals surface area contributed by atoms with Crippen LogP contribution < -0.4 is 5.32 Å². The number of rotatable bonds is 7. The van der Waals surface area contributed by atoms with Crippen molar-refractivity contribution in [3.8, 4) is 11.4 Å². The predicted molar refractivity (Wildman–Crippen MR) is 90.3 cm³/mol. The van der Waals surface area contributed by atoms with Gasteiger partial charge in [-0.15, -0.1) is 15.3 Å². The molecule has 2 heterocycles. The smallest absolute Gasteiger partial charge is 0.188 e. The van der Waals surface area contributed by atoms with E-state index in [4.69, 9.17) is 4.74 Å². The second-order valence-corrected chi connectivity index (χ2v) is 5.43. The number of halogens is 1. The summed E-state index contributed by atoms with van der Waals surface area (Å²) in [5.74, 6) is 0.643. The summed E-state index contributed by atoms with van der Waals surface area (Å²) in [6, 6.07) is 10.00. The lowest BCUT2D eigenvalue weighted by Crippen LogP contribution is -2.12. The number of hydrogen-bond acceptors (Lipinski definition) is 5.